The highest BCUT2D eigenvalue weighted by atomic mass is 16.1. The summed E-state index contributed by atoms with van der Waals surface area (Å²) in [6.07, 6.45) is 5.02. The SMILES string of the molecule is Cc1nn(C2CCN(C)CC2)c2c1C(=O)CCC2. The molecule has 0 atom stereocenters. The van der Waals surface area contributed by atoms with Gasteiger partial charge >= 0.3 is 0 Å². The van der Waals surface area contributed by atoms with Gasteiger partial charge in [0.2, 0.25) is 0 Å². The topological polar surface area (TPSA) is 38.1 Å². The minimum atomic E-state index is 0.299. The van der Waals surface area contributed by atoms with Crippen LogP contribution in [-0.2, 0) is 6.42 Å². The number of carbonyl (C=O) groups excluding carboxylic acids is 1. The van der Waals surface area contributed by atoms with Gasteiger partial charge in [-0.1, -0.05) is 0 Å². The van der Waals surface area contributed by atoms with E-state index in [-0.39, 0.29) is 0 Å². The van der Waals surface area contributed by atoms with Crippen LogP contribution in [0.4, 0.5) is 0 Å². The lowest BCUT2D eigenvalue weighted by Crippen LogP contribution is -2.32. The molecule has 1 fully saturated rings. The van der Waals surface area contributed by atoms with Gasteiger partial charge in [0.05, 0.1) is 17.3 Å². The smallest absolute Gasteiger partial charge is 0.166 e. The van der Waals surface area contributed by atoms with Gasteiger partial charge in [0.15, 0.2) is 5.78 Å². The standard InChI is InChI=1S/C14H21N3O/c1-10-14-12(4-3-5-13(14)18)17(15-10)11-6-8-16(2)9-7-11/h11H,3-9H2,1-2H3. The predicted molar refractivity (Wildman–Crippen MR) is 70.0 cm³/mol. The fourth-order valence-electron chi connectivity index (χ4n) is 3.28. The van der Waals surface area contributed by atoms with Crippen LogP contribution in [-0.4, -0.2) is 40.6 Å². The van der Waals surface area contributed by atoms with Gasteiger partial charge in [-0.25, -0.2) is 0 Å². The molecular formula is C14H21N3O. The summed E-state index contributed by atoms with van der Waals surface area (Å²) in [5.41, 5.74) is 3.08. The number of ketones is 1. The molecule has 0 aromatic carbocycles. The molecule has 4 nitrogen and oxygen atoms in total. The normalized spacial score (nSPS) is 22.2. The second kappa shape index (κ2) is 4.50. The van der Waals surface area contributed by atoms with Crippen molar-refractivity contribution in [1.82, 2.24) is 14.7 Å². The molecule has 0 spiro atoms. The van der Waals surface area contributed by atoms with Crippen LogP contribution in [0, 0.1) is 6.92 Å². The summed E-state index contributed by atoms with van der Waals surface area (Å²) in [7, 11) is 2.17. The van der Waals surface area contributed by atoms with Crippen LogP contribution in [0.3, 0.4) is 0 Å². The molecule has 18 heavy (non-hydrogen) atoms. The van der Waals surface area contributed by atoms with Crippen molar-refractivity contribution in [1.29, 1.82) is 0 Å². The summed E-state index contributed by atoms with van der Waals surface area (Å²) in [5, 5.41) is 4.67. The number of nitrogens with zero attached hydrogens (tertiary/aromatic N) is 3. The number of aromatic nitrogens is 2. The maximum Gasteiger partial charge on any atom is 0.166 e. The Balaban J connectivity index is 1.93. The Morgan fingerprint density at radius 2 is 1.94 bits per heavy atom. The van der Waals surface area contributed by atoms with Crippen molar-refractivity contribution in [3.8, 4) is 0 Å². The van der Waals surface area contributed by atoms with Gasteiger partial charge in [-0.05, 0) is 52.7 Å². The van der Waals surface area contributed by atoms with E-state index in [4.69, 9.17) is 0 Å². The highest BCUT2D eigenvalue weighted by Gasteiger charge is 2.29. The zero-order chi connectivity index (χ0) is 12.7. The van der Waals surface area contributed by atoms with Crippen LogP contribution in [0.25, 0.3) is 0 Å². The quantitative estimate of drug-likeness (QED) is 0.761. The molecule has 1 aliphatic heterocycles. The number of piperidine rings is 1. The molecular weight excluding hydrogens is 226 g/mol. The van der Waals surface area contributed by atoms with E-state index in [9.17, 15) is 4.79 Å². The summed E-state index contributed by atoms with van der Waals surface area (Å²) in [6.45, 7) is 4.24. The zero-order valence-corrected chi connectivity index (χ0v) is 11.3. The van der Waals surface area contributed by atoms with Crippen LogP contribution in [0.5, 0.6) is 0 Å². The number of hydrogen-bond donors (Lipinski definition) is 0. The molecule has 3 rings (SSSR count). The summed E-state index contributed by atoms with van der Waals surface area (Å²) >= 11 is 0. The Labute approximate surface area is 108 Å². The maximum atomic E-state index is 12.0. The number of hydrogen-bond acceptors (Lipinski definition) is 3. The number of likely N-dealkylation sites (tertiary alicyclic amines) is 1. The largest absolute Gasteiger partial charge is 0.306 e. The van der Waals surface area contributed by atoms with Crippen LogP contribution < -0.4 is 0 Å². The first-order valence-electron chi connectivity index (χ1n) is 6.96. The van der Waals surface area contributed by atoms with Crippen LogP contribution in [0.2, 0.25) is 0 Å². The molecule has 98 valence electrons. The average molecular weight is 247 g/mol. The molecule has 2 aliphatic rings. The van der Waals surface area contributed by atoms with Crippen molar-refractivity contribution in [3.63, 3.8) is 0 Å². The van der Waals surface area contributed by atoms with E-state index in [1.165, 1.54) is 5.69 Å². The number of carbonyl (C=O) groups is 1. The Hall–Kier alpha value is -1.16. The van der Waals surface area contributed by atoms with Gasteiger partial charge in [-0.3, -0.25) is 9.48 Å². The molecule has 1 aliphatic carbocycles. The van der Waals surface area contributed by atoms with Crippen molar-refractivity contribution >= 4 is 5.78 Å². The van der Waals surface area contributed by atoms with Crippen LogP contribution >= 0.6 is 0 Å². The Morgan fingerprint density at radius 1 is 1.22 bits per heavy atom. The monoisotopic (exact) mass is 247 g/mol. The van der Waals surface area contributed by atoms with Crippen molar-refractivity contribution in [2.24, 2.45) is 0 Å². The molecule has 4 heteroatoms. The molecule has 2 heterocycles. The van der Waals surface area contributed by atoms with Crippen molar-refractivity contribution < 1.29 is 4.79 Å². The second-order valence-electron chi connectivity index (χ2n) is 5.66. The molecule has 0 N–H and O–H groups in total. The lowest BCUT2D eigenvalue weighted by molar-refractivity contribution is 0.0970. The zero-order valence-electron chi connectivity index (χ0n) is 11.3. The molecule has 1 aromatic heterocycles. The lowest BCUT2D eigenvalue weighted by Gasteiger charge is -2.30. The lowest BCUT2D eigenvalue weighted by atomic mass is 9.94. The number of rotatable bonds is 1. The van der Waals surface area contributed by atoms with Gasteiger partial charge in [-0.2, -0.15) is 5.10 Å². The minimum Gasteiger partial charge on any atom is -0.306 e. The predicted octanol–water partition coefficient (Wildman–Crippen LogP) is 1.98. The van der Waals surface area contributed by atoms with Crippen LogP contribution in [0.1, 0.15) is 53.5 Å². The number of fused-ring (bicyclic) bond motifs is 1. The fourth-order valence-corrected chi connectivity index (χ4v) is 3.28. The summed E-state index contributed by atoms with van der Waals surface area (Å²) in [5.74, 6) is 0.299. The number of aryl methyl sites for hydroxylation is 1. The van der Waals surface area contributed by atoms with Gasteiger partial charge in [0.25, 0.3) is 0 Å². The van der Waals surface area contributed by atoms with E-state index in [0.29, 0.717) is 18.2 Å². The third kappa shape index (κ3) is 1.88. The van der Waals surface area contributed by atoms with Crippen molar-refractivity contribution in [2.75, 3.05) is 20.1 Å². The van der Waals surface area contributed by atoms with Crippen LogP contribution in [0.15, 0.2) is 0 Å². The van der Waals surface area contributed by atoms with E-state index in [1.807, 2.05) is 6.92 Å². The second-order valence-corrected chi connectivity index (χ2v) is 5.66. The van der Waals surface area contributed by atoms with E-state index in [2.05, 4.69) is 21.7 Å². The van der Waals surface area contributed by atoms with Crippen molar-refractivity contribution in [3.05, 3.63) is 17.0 Å². The van der Waals surface area contributed by atoms with Gasteiger partial charge in [-0.15, -0.1) is 0 Å². The molecule has 1 aromatic rings. The Bertz CT molecular complexity index is 470. The van der Waals surface area contributed by atoms with E-state index in [1.54, 1.807) is 0 Å². The number of Topliss-reactive ketones (excluding diaryl/α,β-unsaturated/α-hetero) is 1. The Morgan fingerprint density at radius 3 is 2.67 bits per heavy atom. The van der Waals surface area contributed by atoms with Gasteiger partial charge < -0.3 is 4.90 Å². The molecule has 0 amide bonds. The highest BCUT2D eigenvalue weighted by molar-refractivity contribution is 5.99. The van der Waals surface area contributed by atoms with E-state index < -0.39 is 0 Å². The van der Waals surface area contributed by atoms with Gasteiger partial charge in [0, 0.05) is 12.1 Å². The summed E-state index contributed by atoms with van der Waals surface area (Å²) < 4.78 is 2.18. The molecule has 0 radical (unpaired) electrons. The van der Waals surface area contributed by atoms with Crippen molar-refractivity contribution in [2.45, 2.75) is 45.1 Å². The molecule has 0 bridgehead atoms. The highest BCUT2D eigenvalue weighted by Crippen LogP contribution is 2.30. The van der Waals surface area contributed by atoms with E-state index >= 15 is 0 Å². The first-order chi connectivity index (χ1) is 8.66. The van der Waals surface area contributed by atoms with E-state index in [0.717, 1.165) is 50.0 Å². The Kier molecular flexibility index (Phi) is 2.98. The molecule has 0 unspecified atom stereocenters. The maximum absolute atomic E-state index is 12.0. The summed E-state index contributed by atoms with van der Waals surface area (Å²) in [6, 6.07) is 0.495. The third-order valence-corrected chi connectivity index (χ3v) is 4.31. The van der Waals surface area contributed by atoms with Gasteiger partial charge in [0.1, 0.15) is 0 Å². The molecule has 1 saturated heterocycles. The first kappa shape index (κ1) is 11.9. The third-order valence-electron chi connectivity index (χ3n) is 4.31. The average Bonchev–Trinajstić information content (AvgIpc) is 2.69. The molecule has 0 saturated carbocycles. The fraction of sp³-hybridized carbons (Fsp3) is 0.714. The first-order valence-corrected chi connectivity index (χ1v) is 6.96. The summed E-state index contributed by atoms with van der Waals surface area (Å²) in [4.78, 5) is 14.4. The minimum absolute atomic E-state index is 0.299.